The Kier molecular flexibility index (Phi) is 5.95. The molecule has 21 heavy (non-hydrogen) atoms. The third-order valence-electron chi connectivity index (χ3n) is 3.05. The van der Waals surface area contributed by atoms with E-state index in [0.29, 0.717) is 22.4 Å². The van der Waals surface area contributed by atoms with Crippen molar-refractivity contribution in [3.63, 3.8) is 0 Å². The minimum atomic E-state index is -0.967. The fourth-order valence-electron chi connectivity index (χ4n) is 2.02. The van der Waals surface area contributed by atoms with Gasteiger partial charge in [0.15, 0.2) is 0 Å². The quantitative estimate of drug-likeness (QED) is 0.853. The first kappa shape index (κ1) is 16.6. The monoisotopic (exact) mass is 346 g/mol. The highest BCUT2D eigenvalue weighted by Crippen LogP contribution is 2.27. The molecule has 1 aromatic rings. The summed E-state index contributed by atoms with van der Waals surface area (Å²) in [6, 6.07) is -0.254. The standard InChI is InChI=1S/C13H18N2O3S3/c1-7-11(13(17)18)21-12(15-7)8(2)14-10(16)5-9-6-19-3-4-20-9/h8-9H,3-6H2,1-2H3,(H,14,16)(H,17,18). The summed E-state index contributed by atoms with van der Waals surface area (Å²) >= 11 is 4.87. The van der Waals surface area contributed by atoms with Gasteiger partial charge in [-0.1, -0.05) is 0 Å². The normalized spacial score (nSPS) is 20.0. The lowest BCUT2D eigenvalue weighted by atomic mass is 10.2. The summed E-state index contributed by atoms with van der Waals surface area (Å²) in [5, 5.41) is 13.0. The number of hydrogen-bond donors (Lipinski definition) is 2. The summed E-state index contributed by atoms with van der Waals surface area (Å²) in [4.78, 5) is 27.6. The van der Waals surface area contributed by atoms with Gasteiger partial charge < -0.3 is 10.4 Å². The second-order valence-electron chi connectivity index (χ2n) is 4.83. The van der Waals surface area contributed by atoms with Gasteiger partial charge in [0.25, 0.3) is 0 Å². The molecule has 2 heterocycles. The number of carbonyl (C=O) groups excluding carboxylic acids is 1. The molecule has 1 aromatic heterocycles. The fourth-order valence-corrected chi connectivity index (χ4v) is 5.61. The van der Waals surface area contributed by atoms with Crippen LogP contribution in [-0.4, -0.2) is 44.5 Å². The van der Waals surface area contributed by atoms with Crippen molar-refractivity contribution in [2.45, 2.75) is 31.6 Å². The molecule has 2 unspecified atom stereocenters. The summed E-state index contributed by atoms with van der Waals surface area (Å²) in [5.74, 6) is 2.32. The highest BCUT2D eigenvalue weighted by atomic mass is 32.2. The average molecular weight is 346 g/mol. The van der Waals surface area contributed by atoms with E-state index < -0.39 is 5.97 Å². The van der Waals surface area contributed by atoms with E-state index >= 15 is 0 Å². The number of carboxylic acid groups (broad SMARTS) is 1. The van der Waals surface area contributed by atoms with Crippen molar-refractivity contribution >= 4 is 46.7 Å². The van der Waals surface area contributed by atoms with E-state index in [0.717, 1.165) is 28.6 Å². The Labute approximate surface area is 136 Å². The number of carboxylic acids is 1. The molecule has 0 saturated carbocycles. The summed E-state index contributed by atoms with van der Waals surface area (Å²) < 4.78 is 0. The Balaban J connectivity index is 1.91. The van der Waals surface area contributed by atoms with Gasteiger partial charge in [-0.05, 0) is 13.8 Å². The van der Waals surface area contributed by atoms with Gasteiger partial charge in [0.05, 0.1) is 11.7 Å². The lowest BCUT2D eigenvalue weighted by Gasteiger charge is -2.21. The Bertz CT molecular complexity index is 527. The third-order valence-corrected chi connectivity index (χ3v) is 7.23. The summed E-state index contributed by atoms with van der Waals surface area (Å²) in [5.41, 5.74) is 0.503. The van der Waals surface area contributed by atoms with Crippen molar-refractivity contribution in [1.82, 2.24) is 10.3 Å². The van der Waals surface area contributed by atoms with Crippen molar-refractivity contribution in [3.05, 3.63) is 15.6 Å². The van der Waals surface area contributed by atoms with Gasteiger partial charge in [-0.2, -0.15) is 23.5 Å². The highest BCUT2D eigenvalue weighted by Gasteiger charge is 2.22. The molecule has 0 radical (unpaired) electrons. The van der Waals surface area contributed by atoms with Crippen molar-refractivity contribution < 1.29 is 14.7 Å². The predicted octanol–water partition coefficient (Wildman–Crippen LogP) is 2.57. The number of carbonyl (C=O) groups is 2. The number of thioether (sulfide) groups is 2. The number of aryl methyl sites for hydroxylation is 1. The smallest absolute Gasteiger partial charge is 0.347 e. The number of aromatic nitrogens is 1. The molecule has 1 fully saturated rings. The number of thiazole rings is 1. The van der Waals surface area contributed by atoms with Gasteiger partial charge in [0, 0.05) is 28.9 Å². The van der Waals surface area contributed by atoms with E-state index in [1.165, 1.54) is 0 Å². The minimum Gasteiger partial charge on any atom is -0.477 e. The van der Waals surface area contributed by atoms with Crippen LogP contribution in [-0.2, 0) is 4.79 Å². The van der Waals surface area contributed by atoms with E-state index in [4.69, 9.17) is 5.11 Å². The molecule has 0 aliphatic carbocycles. The third kappa shape index (κ3) is 4.62. The van der Waals surface area contributed by atoms with Crippen molar-refractivity contribution in [1.29, 1.82) is 0 Å². The predicted molar refractivity (Wildman–Crippen MR) is 88.6 cm³/mol. The van der Waals surface area contributed by atoms with Gasteiger partial charge in [-0.3, -0.25) is 4.79 Å². The summed E-state index contributed by atoms with van der Waals surface area (Å²) in [6.07, 6.45) is 0.512. The Morgan fingerprint density at radius 1 is 1.48 bits per heavy atom. The van der Waals surface area contributed by atoms with Gasteiger partial charge in [-0.25, -0.2) is 9.78 Å². The molecule has 2 rings (SSSR count). The van der Waals surface area contributed by atoms with Gasteiger partial charge in [0.1, 0.15) is 9.88 Å². The van der Waals surface area contributed by atoms with Crippen LogP contribution in [0.2, 0.25) is 0 Å². The summed E-state index contributed by atoms with van der Waals surface area (Å²) in [7, 11) is 0. The van der Waals surface area contributed by atoms with Crippen LogP contribution in [0.3, 0.4) is 0 Å². The molecule has 0 spiro atoms. The largest absolute Gasteiger partial charge is 0.477 e. The van der Waals surface area contributed by atoms with Crippen LogP contribution in [0, 0.1) is 6.92 Å². The molecule has 0 aromatic carbocycles. The zero-order valence-corrected chi connectivity index (χ0v) is 14.4. The molecule has 1 aliphatic rings. The van der Waals surface area contributed by atoms with Crippen molar-refractivity contribution in [2.24, 2.45) is 0 Å². The number of nitrogens with zero attached hydrogens (tertiary/aromatic N) is 1. The maximum Gasteiger partial charge on any atom is 0.347 e. The topological polar surface area (TPSA) is 79.3 Å². The molecule has 1 amide bonds. The Morgan fingerprint density at radius 2 is 2.24 bits per heavy atom. The van der Waals surface area contributed by atoms with Gasteiger partial charge >= 0.3 is 5.97 Å². The zero-order valence-electron chi connectivity index (χ0n) is 11.9. The average Bonchev–Trinajstić information content (AvgIpc) is 2.82. The summed E-state index contributed by atoms with van der Waals surface area (Å²) in [6.45, 7) is 3.51. The van der Waals surface area contributed by atoms with E-state index in [1.807, 2.05) is 30.4 Å². The maximum absolute atomic E-state index is 12.0. The first-order valence-electron chi connectivity index (χ1n) is 6.66. The second kappa shape index (κ2) is 7.51. The number of amides is 1. The lowest BCUT2D eigenvalue weighted by molar-refractivity contribution is -0.121. The van der Waals surface area contributed by atoms with Crippen LogP contribution >= 0.6 is 34.9 Å². The van der Waals surface area contributed by atoms with E-state index in [-0.39, 0.29) is 16.8 Å². The van der Waals surface area contributed by atoms with Crippen molar-refractivity contribution in [3.8, 4) is 0 Å². The molecule has 5 nitrogen and oxygen atoms in total. The van der Waals surface area contributed by atoms with E-state index in [9.17, 15) is 9.59 Å². The fraction of sp³-hybridized carbons (Fsp3) is 0.615. The first-order valence-corrected chi connectivity index (χ1v) is 9.68. The molecule has 2 N–H and O–H groups in total. The zero-order chi connectivity index (χ0) is 15.4. The van der Waals surface area contributed by atoms with Gasteiger partial charge in [0.2, 0.25) is 5.91 Å². The van der Waals surface area contributed by atoms with Crippen LogP contribution in [0.15, 0.2) is 0 Å². The lowest BCUT2D eigenvalue weighted by Crippen LogP contribution is -2.30. The number of aromatic carboxylic acids is 1. The Hall–Kier alpha value is -0.730. The minimum absolute atomic E-state index is 0.00669. The van der Waals surface area contributed by atoms with Crippen LogP contribution in [0.25, 0.3) is 0 Å². The molecule has 8 heteroatoms. The number of nitrogens with one attached hydrogen (secondary N) is 1. The second-order valence-corrected chi connectivity index (χ2v) is 8.42. The molecular formula is C13H18N2O3S3. The van der Waals surface area contributed by atoms with Crippen LogP contribution in [0.5, 0.6) is 0 Å². The molecule has 116 valence electrons. The molecule has 1 saturated heterocycles. The van der Waals surface area contributed by atoms with Crippen LogP contribution in [0.4, 0.5) is 0 Å². The van der Waals surface area contributed by atoms with Crippen LogP contribution < -0.4 is 5.32 Å². The van der Waals surface area contributed by atoms with Gasteiger partial charge in [-0.15, -0.1) is 11.3 Å². The molecular weight excluding hydrogens is 328 g/mol. The van der Waals surface area contributed by atoms with Crippen LogP contribution in [0.1, 0.15) is 39.8 Å². The number of hydrogen-bond acceptors (Lipinski definition) is 6. The van der Waals surface area contributed by atoms with E-state index in [1.54, 1.807) is 6.92 Å². The Morgan fingerprint density at radius 3 is 2.81 bits per heavy atom. The highest BCUT2D eigenvalue weighted by molar-refractivity contribution is 8.06. The van der Waals surface area contributed by atoms with E-state index in [2.05, 4.69) is 10.3 Å². The molecule has 2 atom stereocenters. The molecule has 0 bridgehead atoms. The van der Waals surface area contributed by atoms with Crippen molar-refractivity contribution in [2.75, 3.05) is 17.3 Å². The maximum atomic E-state index is 12.0. The SMILES string of the molecule is Cc1nc(C(C)NC(=O)CC2CSCCS2)sc1C(=O)O. The number of rotatable bonds is 5. The first-order chi connectivity index (χ1) is 9.97. The molecule has 1 aliphatic heterocycles.